The van der Waals surface area contributed by atoms with Gasteiger partial charge < -0.3 is 9.88 Å². The highest BCUT2D eigenvalue weighted by atomic mass is 16.1. The number of nitrogens with zero attached hydrogens (tertiary/aromatic N) is 6. The Bertz CT molecular complexity index is 804. The number of nitrogens with one attached hydrogen (secondary N) is 1. The summed E-state index contributed by atoms with van der Waals surface area (Å²) in [5.74, 6) is 0.501. The van der Waals surface area contributed by atoms with E-state index in [0.717, 1.165) is 5.82 Å². The maximum absolute atomic E-state index is 12.5. The minimum Gasteiger partial charge on any atom is -0.342 e. The van der Waals surface area contributed by atoms with Crippen molar-refractivity contribution in [3.63, 3.8) is 0 Å². The Kier molecular flexibility index (Phi) is 3.58. The predicted molar refractivity (Wildman–Crippen MR) is 79.3 cm³/mol. The zero-order valence-corrected chi connectivity index (χ0v) is 12.6. The molecule has 3 heterocycles. The lowest BCUT2D eigenvalue weighted by molar-refractivity contribution is 0.0938. The van der Waals surface area contributed by atoms with E-state index in [2.05, 4.69) is 25.7 Å². The summed E-state index contributed by atoms with van der Waals surface area (Å²) in [4.78, 5) is 12.5. The summed E-state index contributed by atoms with van der Waals surface area (Å²) in [6, 6.07) is 3.47. The lowest BCUT2D eigenvalue weighted by atomic mass is 10.2. The molecular formula is C14H17N7O. The molecule has 114 valence electrons. The number of rotatable bonds is 4. The Morgan fingerprint density at radius 2 is 1.95 bits per heavy atom. The molecule has 0 aliphatic carbocycles. The number of hydrogen-bond acceptors (Lipinski definition) is 5. The largest absolute Gasteiger partial charge is 0.342 e. The molecule has 22 heavy (non-hydrogen) atoms. The van der Waals surface area contributed by atoms with E-state index in [0.29, 0.717) is 11.2 Å². The number of fused-ring (bicyclic) bond motifs is 1. The van der Waals surface area contributed by atoms with Gasteiger partial charge in [-0.1, -0.05) is 0 Å². The second-order valence-corrected chi connectivity index (χ2v) is 5.37. The van der Waals surface area contributed by atoms with Crippen LogP contribution in [0.2, 0.25) is 0 Å². The van der Waals surface area contributed by atoms with Gasteiger partial charge in [0, 0.05) is 12.2 Å². The monoisotopic (exact) mass is 299 g/mol. The lowest BCUT2D eigenvalue weighted by Crippen LogP contribution is -2.29. The average molecular weight is 299 g/mol. The second kappa shape index (κ2) is 5.55. The Morgan fingerprint density at radius 1 is 1.18 bits per heavy atom. The number of amides is 1. The van der Waals surface area contributed by atoms with Gasteiger partial charge in [0.1, 0.15) is 12.7 Å². The standard InChI is InChI=1S/C14H17N7O/c1-9(2)21-8-16-18-12(21)10(3)17-14(22)11-5-4-6-20-7-15-19-13(11)20/h4-10H,1-3H3,(H,17,22). The van der Waals surface area contributed by atoms with Crippen LogP contribution in [0.5, 0.6) is 0 Å². The molecule has 3 rings (SSSR count). The Labute approximate surface area is 127 Å². The van der Waals surface area contributed by atoms with Crippen LogP contribution < -0.4 is 5.32 Å². The molecule has 0 radical (unpaired) electrons. The van der Waals surface area contributed by atoms with Crippen LogP contribution in [-0.4, -0.2) is 35.3 Å². The van der Waals surface area contributed by atoms with Gasteiger partial charge in [0.2, 0.25) is 0 Å². The number of aromatic nitrogens is 6. The topological polar surface area (TPSA) is 90.0 Å². The molecule has 8 heteroatoms. The van der Waals surface area contributed by atoms with E-state index >= 15 is 0 Å². The fourth-order valence-corrected chi connectivity index (χ4v) is 2.33. The van der Waals surface area contributed by atoms with Gasteiger partial charge in [-0.3, -0.25) is 9.20 Å². The van der Waals surface area contributed by atoms with Crippen LogP contribution >= 0.6 is 0 Å². The van der Waals surface area contributed by atoms with Gasteiger partial charge in [0.25, 0.3) is 5.91 Å². The molecule has 0 aromatic carbocycles. The van der Waals surface area contributed by atoms with E-state index in [-0.39, 0.29) is 18.0 Å². The van der Waals surface area contributed by atoms with Gasteiger partial charge in [-0.05, 0) is 32.9 Å². The van der Waals surface area contributed by atoms with Crippen molar-refractivity contribution in [1.82, 2.24) is 34.7 Å². The third-order valence-corrected chi connectivity index (χ3v) is 3.46. The van der Waals surface area contributed by atoms with Crippen molar-refractivity contribution in [1.29, 1.82) is 0 Å². The first-order valence-electron chi connectivity index (χ1n) is 7.06. The third kappa shape index (κ3) is 2.43. The summed E-state index contributed by atoms with van der Waals surface area (Å²) < 4.78 is 3.64. The summed E-state index contributed by atoms with van der Waals surface area (Å²) in [6.45, 7) is 5.96. The van der Waals surface area contributed by atoms with E-state index in [1.807, 2.05) is 25.3 Å². The van der Waals surface area contributed by atoms with Crippen molar-refractivity contribution in [2.75, 3.05) is 0 Å². The van der Waals surface area contributed by atoms with E-state index < -0.39 is 0 Å². The van der Waals surface area contributed by atoms with Crippen molar-refractivity contribution in [2.45, 2.75) is 32.9 Å². The second-order valence-electron chi connectivity index (χ2n) is 5.37. The summed E-state index contributed by atoms with van der Waals surface area (Å²) >= 11 is 0. The Morgan fingerprint density at radius 3 is 2.73 bits per heavy atom. The highest BCUT2D eigenvalue weighted by molar-refractivity contribution is 5.99. The summed E-state index contributed by atoms with van der Waals surface area (Å²) in [5, 5.41) is 18.7. The molecule has 0 saturated carbocycles. The molecule has 1 atom stereocenters. The van der Waals surface area contributed by atoms with Crippen LogP contribution in [0.1, 0.15) is 49.0 Å². The highest BCUT2D eigenvalue weighted by Gasteiger charge is 2.19. The number of hydrogen-bond donors (Lipinski definition) is 1. The van der Waals surface area contributed by atoms with Crippen molar-refractivity contribution in [3.8, 4) is 0 Å². The van der Waals surface area contributed by atoms with Gasteiger partial charge in [0.15, 0.2) is 11.5 Å². The van der Waals surface area contributed by atoms with Gasteiger partial charge in [-0.25, -0.2) is 0 Å². The van der Waals surface area contributed by atoms with Gasteiger partial charge >= 0.3 is 0 Å². The van der Waals surface area contributed by atoms with Crippen molar-refractivity contribution in [2.24, 2.45) is 0 Å². The molecular weight excluding hydrogens is 282 g/mol. The van der Waals surface area contributed by atoms with Gasteiger partial charge in [-0.2, -0.15) is 0 Å². The quantitative estimate of drug-likeness (QED) is 0.786. The fraction of sp³-hybridized carbons (Fsp3) is 0.357. The van der Waals surface area contributed by atoms with E-state index in [9.17, 15) is 4.79 Å². The maximum Gasteiger partial charge on any atom is 0.255 e. The van der Waals surface area contributed by atoms with E-state index in [1.54, 1.807) is 35.4 Å². The van der Waals surface area contributed by atoms with Crippen LogP contribution in [0.4, 0.5) is 0 Å². The SMILES string of the molecule is CC(NC(=O)c1cccn2cnnc12)c1nncn1C(C)C. The zero-order chi connectivity index (χ0) is 15.7. The smallest absolute Gasteiger partial charge is 0.255 e. The first kappa shape index (κ1) is 14.2. The van der Waals surface area contributed by atoms with E-state index in [1.165, 1.54) is 0 Å². The number of carbonyl (C=O) groups excluding carboxylic acids is 1. The molecule has 0 aliphatic heterocycles. The van der Waals surface area contributed by atoms with Gasteiger partial charge in [-0.15, -0.1) is 20.4 Å². The Hall–Kier alpha value is -2.77. The molecule has 0 aliphatic rings. The maximum atomic E-state index is 12.5. The normalized spacial score (nSPS) is 12.7. The third-order valence-electron chi connectivity index (χ3n) is 3.46. The average Bonchev–Trinajstić information content (AvgIpc) is 3.15. The Balaban J connectivity index is 1.85. The minimum absolute atomic E-state index is 0.218. The molecule has 3 aromatic rings. The van der Waals surface area contributed by atoms with Crippen LogP contribution in [-0.2, 0) is 0 Å². The lowest BCUT2D eigenvalue weighted by Gasteiger charge is -2.17. The minimum atomic E-state index is -0.263. The molecule has 1 unspecified atom stereocenters. The molecule has 3 aromatic heterocycles. The van der Waals surface area contributed by atoms with E-state index in [4.69, 9.17) is 0 Å². The van der Waals surface area contributed by atoms with Crippen LogP contribution in [0.3, 0.4) is 0 Å². The van der Waals surface area contributed by atoms with Crippen LogP contribution in [0, 0.1) is 0 Å². The number of pyridine rings is 1. The van der Waals surface area contributed by atoms with Crippen LogP contribution in [0.25, 0.3) is 5.65 Å². The molecule has 1 N–H and O–H groups in total. The highest BCUT2D eigenvalue weighted by Crippen LogP contribution is 2.15. The molecule has 0 fully saturated rings. The van der Waals surface area contributed by atoms with Gasteiger partial charge in [0.05, 0.1) is 11.6 Å². The molecule has 0 bridgehead atoms. The molecule has 1 amide bonds. The number of carbonyl (C=O) groups is 1. The predicted octanol–water partition coefficient (Wildman–Crippen LogP) is 1.39. The summed E-state index contributed by atoms with van der Waals surface area (Å²) in [5.41, 5.74) is 1.000. The zero-order valence-electron chi connectivity index (χ0n) is 12.6. The molecule has 0 spiro atoms. The van der Waals surface area contributed by atoms with Crippen molar-refractivity contribution < 1.29 is 4.79 Å². The first-order chi connectivity index (χ1) is 10.6. The molecule has 0 saturated heterocycles. The van der Waals surface area contributed by atoms with Crippen molar-refractivity contribution >= 4 is 11.6 Å². The first-order valence-corrected chi connectivity index (χ1v) is 7.06. The fourth-order valence-electron chi connectivity index (χ4n) is 2.33. The van der Waals surface area contributed by atoms with Crippen LogP contribution in [0.15, 0.2) is 31.0 Å². The summed E-state index contributed by atoms with van der Waals surface area (Å²) in [7, 11) is 0. The summed E-state index contributed by atoms with van der Waals surface area (Å²) in [6.07, 6.45) is 5.03. The van der Waals surface area contributed by atoms with Crippen molar-refractivity contribution in [3.05, 3.63) is 42.4 Å². The molecule has 8 nitrogen and oxygen atoms in total.